The molecule has 0 aromatic heterocycles. The third-order valence-corrected chi connectivity index (χ3v) is 7.76. The molecular weight excluding hydrogens is 398 g/mol. The van der Waals surface area contributed by atoms with Gasteiger partial charge < -0.3 is 10.6 Å². The van der Waals surface area contributed by atoms with Gasteiger partial charge in [0, 0.05) is 6.07 Å². The number of hydrogen-bond acceptors (Lipinski definition) is 2. The predicted octanol–water partition coefficient (Wildman–Crippen LogP) is 5.43. The average Bonchev–Trinajstić information content (AvgIpc) is 2.57. The second-order valence-corrected chi connectivity index (χ2v) is 12.1. The molecule has 6 heteroatoms. The fourth-order valence-corrected chi connectivity index (χ4v) is 8.16. The minimum Gasteiger partial charge on any atom is -0.344 e. The van der Waals surface area contributed by atoms with Crippen molar-refractivity contribution >= 4 is 17.5 Å². The van der Waals surface area contributed by atoms with Crippen molar-refractivity contribution < 1.29 is 18.4 Å². The van der Waals surface area contributed by atoms with E-state index >= 15 is 0 Å². The van der Waals surface area contributed by atoms with Gasteiger partial charge in [-0.2, -0.15) is 0 Å². The van der Waals surface area contributed by atoms with Gasteiger partial charge in [-0.1, -0.05) is 34.6 Å². The molecule has 4 saturated carbocycles. The van der Waals surface area contributed by atoms with Crippen LogP contribution in [0.4, 0.5) is 14.5 Å². The molecule has 31 heavy (non-hydrogen) atoms. The minimum atomic E-state index is -0.836. The Balaban J connectivity index is 1.55. The van der Waals surface area contributed by atoms with Gasteiger partial charge in [0.05, 0.1) is 11.1 Å². The van der Waals surface area contributed by atoms with E-state index in [0.717, 1.165) is 50.7 Å². The summed E-state index contributed by atoms with van der Waals surface area (Å²) in [6.45, 7) is 10.7. The molecule has 0 saturated heterocycles. The molecule has 4 aliphatic rings. The molecule has 0 radical (unpaired) electrons. The maximum Gasteiger partial charge on any atom is 0.247 e. The average molecular weight is 433 g/mol. The number of nitrogens with one attached hydrogen (secondary N) is 2. The van der Waals surface area contributed by atoms with Crippen LogP contribution in [0.25, 0.3) is 0 Å². The quantitative estimate of drug-likeness (QED) is 0.652. The van der Waals surface area contributed by atoms with E-state index in [9.17, 15) is 18.4 Å². The summed E-state index contributed by atoms with van der Waals surface area (Å²) in [6, 6.07) is 2.23. The summed E-state index contributed by atoms with van der Waals surface area (Å²) < 4.78 is 27.2. The number of halogens is 2. The molecule has 4 aliphatic carbocycles. The first-order valence-electron chi connectivity index (χ1n) is 11.3. The molecule has 1 aromatic rings. The van der Waals surface area contributed by atoms with Gasteiger partial charge in [-0.3, -0.25) is 9.59 Å². The van der Waals surface area contributed by atoms with Crippen molar-refractivity contribution in [2.75, 3.05) is 5.32 Å². The van der Waals surface area contributed by atoms with E-state index in [1.54, 1.807) is 0 Å². The van der Waals surface area contributed by atoms with E-state index in [4.69, 9.17) is 0 Å². The Morgan fingerprint density at radius 1 is 0.903 bits per heavy atom. The Hall–Kier alpha value is -1.98. The highest BCUT2D eigenvalue weighted by Crippen LogP contribution is 2.73. The summed E-state index contributed by atoms with van der Waals surface area (Å²) in [5, 5.41) is 5.55. The van der Waals surface area contributed by atoms with Crippen LogP contribution in [0.2, 0.25) is 0 Å². The smallest absolute Gasteiger partial charge is 0.247 e. The van der Waals surface area contributed by atoms with Crippen molar-refractivity contribution in [3.63, 3.8) is 0 Å². The Kier molecular flexibility index (Phi) is 5.03. The van der Waals surface area contributed by atoms with Crippen LogP contribution < -0.4 is 10.6 Å². The summed E-state index contributed by atoms with van der Waals surface area (Å²) >= 11 is 0. The number of rotatable bonds is 5. The first-order chi connectivity index (χ1) is 14.3. The lowest BCUT2D eigenvalue weighted by atomic mass is 9.36. The zero-order valence-electron chi connectivity index (χ0n) is 19.2. The van der Waals surface area contributed by atoms with Crippen LogP contribution in [0, 0.1) is 39.2 Å². The number of hydrogen-bond donors (Lipinski definition) is 2. The lowest BCUT2D eigenvalue weighted by Gasteiger charge is -2.68. The topological polar surface area (TPSA) is 58.2 Å². The molecule has 4 nitrogen and oxygen atoms in total. The van der Waals surface area contributed by atoms with Crippen LogP contribution >= 0.6 is 0 Å². The van der Waals surface area contributed by atoms with Crippen molar-refractivity contribution in [2.24, 2.45) is 27.6 Å². The van der Waals surface area contributed by atoms with Crippen molar-refractivity contribution in [1.29, 1.82) is 0 Å². The highest BCUT2D eigenvalue weighted by atomic mass is 19.1. The van der Waals surface area contributed by atoms with E-state index < -0.39 is 29.0 Å². The van der Waals surface area contributed by atoms with Gasteiger partial charge in [0.1, 0.15) is 17.7 Å². The standard InChI is InChI=1S/C25H34F2N2O2/c1-15(2)19(20(30)28-18-7-6-16(26)8-17(18)27)29-21(31)25-12-22(3)9-23(4,13-25)11-24(5,10-22)14-25/h6-8,15,19H,9-14H2,1-5H3,(H,28,30)(H,29,31)/t19-,22?,23?,24?,25?/m0/s1. The summed E-state index contributed by atoms with van der Waals surface area (Å²) in [6.07, 6.45) is 6.04. The number of benzene rings is 1. The molecule has 0 spiro atoms. The Morgan fingerprint density at radius 2 is 1.42 bits per heavy atom. The largest absolute Gasteiger partial charge is 0.344 e. The third-order valence-electron chi connectivity index (χ3n) is 7.76. The molecule has 2 amide bonds. The minimum absolute atomic E-state index is 0.0521. The molecule has 2 N–H and O–H groups in total. The van der Waals surface area contributed by atoms with Crippen molar-refractivity contribution in [2.45, 2.75) is 79.2 Å². The Bertz CT molecular complexity index is 875. The molecule has 170 valence electrons. The Labute approximate surface area is 183 Å². The third kappa shape index (κ3) is 3.98. The molecule has 1 aromatic carbocycles. The maximum atomic E-state index is 14.0. The second kappa shape index (κ2) is 7.01. The molecule has 0 unspecified atom stereocenters. The molecule has 0 heterocycles. The highest BCUT2D eigenvalue weighted by Gasteiger charge is 2.66. The highest BCUT2D eigenvalue weighted by molar-refractivity contribution is 5.98. The predicted molar refractivity (Wildman–Crippen MR) is 116 cm³/mol. The summed E-state index contributed by atoms with van der Waals surface area (Å²) in [5.74, 6) is -2.26. The summed E-state index contributed by atoms with van der Waals surface area (Å²) in [7, 11) is 0. The van der Waals surface area contributed by atoms with Gasteiger partial charge in [0.15, 0.2) is 0 Å². The van der Waals surface area contributed by atoms with Crippen molar-refractivity contribution in [1.82, 2.24) is 5.32 Å². The molecule has 5 rings (SSSR count). The SMILES string of the molecule is CC(C)[C@H](NC(=O)C12CC3(C)CC(C)(CC(C)(C3)C1)C2)C(=O)Nc1ccc(F)cc1F. The zero-order valence-corrected chi connectivity index (χ0v) is 19.2. The first kappa shape index (κ1) is 22.2. The van der Waals surface area contributed by atoms with Gasteiger partial charge in [0.25, 0.3) is 0 Å². The van der Waals surface area contributed by atoms with Crippen LogP contribution in [0.5, 0.6) is 0 Å². The normalized spacial score (nSPS) is 37.0. The number of carbonyl (C=O) groups is 2. The van der Waals surface area contributed by atoms with E-state index in [2.05, 4.69) is 31.4 Å². The number of amides is 2. The van der Waals surface area contributed by atoms with E-state index in [0.29, 0.717) is 0 Å². The van der Waals surface area contributed by atoms with E-state index in [-0.39, 0.29) is 33.8 Å². The first-order valence-corrected chi connectivity index (χ1v) is 11.3. The van der Waals surface area contributed by atoms with Crippen molar-refractivity contribution in [3.05, 3.63) is 29.8 Å². The van der Waals surface area contributed by atoms with Crippen molar-refractivity contribution in [3.8, 4) is 0 Å². The van der Waals surface area contributed by atoms with Gasteiger partial charge in [-0.25, -0.2) is 8.78 Å². The van der Waals surface area contributed by atoms with E-state index in [1.165, 1.54) is 6.07 Å². The van der Waals surface area contributed by atoms with Crippen LogP contribution in [0.15, 0.2) is 18.2 Å². The monoisotopic (exact) mass is 432 g/mol. The maximum absolute atomic E-state index is 14.0. The number of carbonyl (C=O) groups excluding carboxylic acids is 2. The van der Waals surface area contributed by atoms with Crippen LogP contribution in [0.1, 0.15) is 73.1 Å². The lowest BCUT2D eigenvalue weighted by molar-refractivity contribution is -0.192. The van der Waals surface area contributed by atoms with E-state index in [1.807, 2.05) is 13.8 Å². The van der Waals surface area contributed by atoms with Gasteiger partial charge in [-0.05, 0) is 72.8 Å². The fraction of sp³-hybridized carbons (Fsp3) is 0.680. The molecular formula is C25H34F2N2O2. The number of anilines is 1. The van der Waals surface area contributed by atoms with Gasteiger partial charge in [-0.15, -0.1) is 0 Å². The van der Waals surface area contributed by atoms with Gasteiger partial charge in [0.2, 0.25) is 11.8 Å². The Morgan fingerprint density at radius 3 is 1.87 bits per heavy atom. The summed E-state index contributed by atoms with van der Waals surface area (Å²) in [4.78, 5) is 26.6. The molecule has 4 bridgehead atoms. The van der Waals surface area contributed by atoms with Gasteiger partial charge >= 0.3 is 0 Å². The molecule has 4 fully saturated rings. The van der Waals surface area contributed by atoms with Crippen LogP contribution in [0.3, 0.4) is 0 Å². The second-order valence-electron chi connectivity index (χ2n) is 12.1. The molecule has 0 aliphatic heterocycles. The van der Waals surface area contributed by atoms with Crippen LogP contribution in [-0.2, 0) is 9.59 Å². The lowest BCUT2D eigenvalue weighted by Crippen LogP contribution is -2.64. The summed E-state index contributed by atoms with van der Waals surface area (Å²) in [5.41, 5.74) is -0.0805. The van der Waals surface area contributed by atoms with Crippen LogP contribution in [-0.4, -0.2) is 17.9 Å². The molecule has 1 atom stereocenters. The zero-order chi connectivity index (χ0) is 22.8. The fourth-order valence-electron chi connectivity index (χ4n) is 8.16.